The zero-order valence-corrected chi connectivity index (χ0v) is 17.0. The molecule has 0 aliphatic carbocycles. The topological polar surface area (TPSA) is 96.5 Å². The van der Waals surface area contributed by atoms with E-state index in [-0.39, 0.29) is 24.8 Å². The van der Waals surface area contributed by atoms with Crippen LogP contribution in [0.1, 0.15) is 43.1 Å². The number of rotatable bonds is 7. The summed E-state index contributed by atoms with van der Waals surface area (Å²) >= 11 is 0. The predicted molar refractivity (Wildman–Crippen MR) is 112 cm³/mol. The second-order valence-corrected chi connectivity index (χ2v) is 7.48. The molecule has 0 aliphatic heterocycles. The quantitative estimate of drug-likeness (QED) is 0.666. The smallest absolute Gasteiger partial charge is 0.407 e. The van der Waals surface area contributed by atoms with Crippen LogP contribution in [0.3, 0.4) is 0 Å². The maximum atomic E-state index is 12.1. The predicted octanol–water partition coefficient (Wildman–Crippen LogP) is 3.47. The Morgan fingerprint density at radius 2 is 1.66 bits per heavy atom. The van der Waals surface area contributed by atoms with Gasteiger partial charge in [0.1, 0.15) is 5.60 Å². The lowest BCUT2D eigenvalue weighted by molar-refractivity contribution is -0.116. The van der Waals surface area contributed by atoms with Gasteiger partial charge in [0.2, 0.25) is 5.91 Å². The fourth-order valence-corrected chi connectivity index (χ4v) is 2.45. The lowest BCUT2D eigenvalue weighted by atomic mass is 10.1. The first-order valence-electron chi connectivity index (χ1n) is 9.42. The van der Waals surface area contributed by atoms with Gasteiger partial charge in [-0.3, -0.25) is 9.59 Å². The molecule has 0 aliphatic rings. The second kappa shape index (κ2) is 10.3. The number of carbonyl (C=O) groups excluding carboxylic acids is 3. The van der Waals surface area contributed by atoms with Crippen molar-refractivity contribution in [2.24, 2.45) is 0 Å². The van der Waals surface area contributed by atoms with E-state index in [1.54, 1.807) is 51.1 Å². The van der Waals surface area contributed by atoms with Gasteiger partial charge in [-0.05, 0) is 50.6 Å². The van der Waals surface area contributed by atoms with Crippen LogP contribution < -0.4 is 16.0 Å². The molecule has 0 spiro atoms. The van der Waals surface area contributed by atoms with Crippen molar-refractivity contribution in [2.75, 3.05) is 11.9 Å². The number of carbonyl (C=O) groups is 3. The summed E-state index contributed by atoms with van der Waals surface area (Å²) in [5, 5.41) is 8.17. The number of hydrogen-bond acceptors (Lipinski definition) is 4. The van der Waals surface area contributed by atoms with Crippen molar-refractivity contribution in [3.63, 3.8) is 0 Å². The third-order valence-corrected chi connectivity index (χ3v) is 3.72. The monoisotopic (exact) mass is 397 g/mol. The Balaban J connectivity index is 1.78. The Morgan fingerprint density at radius 3 is 2.34 bits per heavy atom. The Labute approximate surface area is 170 Å². The summed E-state index contributed by atoms with van der Waals surface area (Å²) in [4.78, 5) is 35.8. The van der Waals surface area contributed by atoms with E-state index in [4.69, 9.17) is 4.74 Å². The van der Waals surface area contributed by atoms with Crippen LogP contribution in [0, 0.1) is 0 Å². The molecule has 0 saturated heterocycles. The molecule has 3 amide bonds. The normalized spacial score (nSPS) is 10.7. The van der Waals surface area contributed by atoms with Gasteiger partial charge < -0.3 is 20.7 Å². The molecule has 154 valence electrons. The van der Waals surface area contributed by atoms with Gasteiger partial charge in [0, 0.05) is 30.8 Å². The van der Waals surface area contributed by atoms with Crippen molar-refractivity contribution in [1.82, 2.24) is 10.6 Å². The molecule has 29 heavy (non-hydrogen) atoms. The van der Waals surface area contributed by atoms with Crippen LogP contribution in [-0.4, -0.2) is 30.1 Å². The van der Waals surface area contributed by atoms with Crippen LogP contribution in [0.2, 0.25) is 0 Å². The summed E-state index contributed by atoms with van der Waals surface area (Å²) in [7, 11) is 0. The minimum atomic E-state index is -0.581. The van der Waals surface area contributed by atoms with Crippen LogP contribution in [0.25, 0.3) is 0 Å². The van der Waals surface area contributed by atoms with E-state index in [0.29, 0.717) is 17.8 Å². The summed E-state index contributed by atoms with van der Waals surface area (Å²) < 4.78 is 5.12. The zero-order valence-electron chi connectivity index (χ0n) is 17.0. The molecule has 0 heterocycles. The van der Waals surface area contributed by atoms with Crippen molar-refractivity contribution in [3.8, 4) is 0 Å². The number of anilines is 1. The summed E-state index contributed by atoms with van der Waals surface area (Å²) in [5.74, 6) is -0.389. The Kier molecular flexibility index (Phi) is 7.77. The molecule has 0 atom stereocenters. The average Bonchev–Trinajstić information content (AvgIpc) is 2.65. The number of alkyl carbamates (subject to hydrolysis) is 1. The number of hydrogen-bond donors (Lipinski definition) is 3. The maximum Gasteiger partial charge on any atom is 0.407 e. The van der Waals surface area contributed by atoms with E-state index >= 15 is 0 Å². The van der Waals surface area contributed by atoms with E-state index in [2.05, 4.69) is 16.0 Å². The molecule has 2 aromatic carbocycles. The van der Waals surface area contributed by atoms with E-state index in [9.17, 15) is 14.4 Å². The van der Waals surface area contributed by atoms with Gasteiger partial charge in [-0.1, -0.05) is 30.3 Å². The molecule has 2 rings (SSSR count). The van der Waals surface area contributed by atoms with Crippen LogP contribution >= 0.6 is 0 Å². The van der Waals surface area contributed by atoms with Gasteiger partial charge in [-0.25, -0.2) is 4.79 Å². The van der Waals surface area contributed by atoms with Gasteiger partial charge in [0.05, 0.1) is 0 Å². The molecule has 0 fully saturated rings. The minimum absolute atomic E-state index is 0.119. The Bertz CT molecular complexity index is 845. The van der Waals surface area contributed by atoms with Crippen LogP contribution in [0.15, 0.2) is 54.6 Å². The molecule has 0 radical (unpaired) electrons. The van der Waals surface area contributed by atoms with Crippen LogP contribution in [-0.2, 0) is 16.1 Å². The fraction of sp³-hybridized carbons (Fsp3) is 0.318. The Hall–Kier alpha value is -3.35. The molecule has 0 aromatic heterocycles. The molecule has 7 heteroatoms. The largest absolute Gasteiger partial charge is 0.444 e. The molecule has 0 bridgehead atoms. The van der Waals surface area contributed by atoms with E-state index in [1.807, 2.05) is 24.3 Å². The molecule has 0 saturated carbocycles. The highest BCUT2D eigenvalue weighted by Crippen LogP contribution is 2.11. The number of ether oxygens (including phenoxy) is 1. The number of benzene rings is 2. The summed E-state index contributed by atoms with van der Waals surface area (Å²) in [6, 6.07) is 16.2. The van der Waals surface area contributed by atoms with Crippen molar-refractivity contribution in [2.45, 2.75) is 39.3 Å². The molecular formula is C22H27N3O4. The summed E-state index contributed by atoms with van der Waals surface area (Å²) in [6.45, 7) is 5.84. The van der Waals surface area contributed by atoms with Crippen molar-refractivity contribution < 1.29 is 19.1 Å². The summed E-state index contributed by atoms with van der Waals surface area (Å²) in [5.41, 5.74) is 1.50. The van der Waals surface area contributed by atoms with Gasteiger partial charge in [-0.2, -0.15) is 0 Å². The summed E-state index contributed by atoms with van der Waals surface area (Å²) in [6.07, 6.45) is -0.435. The van der Waals surface area contributed by atoms with Crippen LogP contribution in [0.5, 0.6) is 0 Å². The number of nitrogens with one attached hydrogen (secondary N) is 3. The van der Waals surface area contributed by atoms with Gasteiger partial charge in [0.25, 0.3) is 5.91 Å². The first-order chi connectivity index (χ1) is 13.7. The lowest BCUT2D eigenvalue weighted by Crippen LogP contribution is -2.34. The average molecular weight is 397 g/mol. The van der Waals surface area contributed by atoms with Gasteiger partial charge in [-0.15, -0.1) is 0 Å². The van der Waals surface area contributed by atoms with Crippen molar-refractivity contribution in [1.29, 1.82) is 0 Å². The van der Waals surface area contributed by atoms with Crippen LogP contribution in [0.4, 0.5) is 10.5 Å². The highest BCUT2D eigenvalue weighted by molar-refractivity contribution is 5.94. The fourth-order valence-electron chi connectivity index (χ4n) is 2.45. The zero-order chi connectivity index (χ0) is 21.3. The highest BCUT2D eigenvalue weighted by atomic mass is 16.6. The van der Waals surface area contributed by atoms with E-state index in [1.165, 1.54) is 0 Å². The molecule has 7 nitrogen and oxygen atoms in total. The first-order valence-corrected chi connectivity index (χ1v) is 9.42. The third kappa shape index (κ3) is 8.47. The third-order valence-electron chi connectivity index (χ3n) is 3.72. The molecule has 0 unspecified atom stereocenters. The second-order valence-electron chi connectivity index (χ2n) is 7.48. The highest BCUT2D eigenvalue weighted by Gasteiger charge is 2.16. The van der Waals surface area contributed by atoms with Gasteiger partial charge in [0.15, 0.2) is 0 Å². The lowest BCUT2D eigenvalue weighted by Gasteiger charge is -2.19. The van der Waals surface area contributed by atoms with Crippen molar-refractivity contribution >= 4 is 23.6 Å². The van der Waals surface area contributed by atoms with Gasteiger partial charge >= 0.3 is 6.09 Å². The SMILES string of the molecule is CC(C)(C)OC(=O)NCCC(=O)Nc1cccc(CNC(=O)c2ccccc2)c1. The Morgan fingerprint density at radius 1 is 0.931 bits per heavy atom. The number of amides is 3. The van der Waals surface area contributed by atoms with E-state index in [0.717, 1.165) is 5.56 Å². The maximum absolute atomic E-state index is 12.1. The first kappa shape index (κ1) is 21.9. The van der Waals surface area contributed by atoms with E-state index < -0.39 is 11.7 Å². The molecule has 3 N–H and O–H groups in total. The molecule has 2 aromatic rings. The standard InChI is InChI=1S/C22H27N3O4/c1-22(2,3)29-21(28)23-13-12-19(26)25-18-11-7-8-16(14-18)15-24-20(27)17-9-5-4-6-10-17/h4-11,14H,12-13,15H2,1-3H3,(H,23,28)(H,24,27)(H,25,26). The van der Waals surface area contributed by atoms with Crippen molar-refractivity contribution in [3.05, 3.63) is 65.7 Å². The minimum Gasteiger partial charge on any atom is -0.444 e. The molecular weight excluding hydrogens is 370 g/mol.